The number of nitrogens with zero attached hydrogens (tertiary/aromatic N) is 1. The summed E-state index contributed by atoms with van der Waals surface area (Å²) in [6.07, 6.45) is 1.76. The number of hydrogen-bond acceptors (Lipinski definition) is 6. The fourth-order valence-electron chi connectivity index (χ4n) is 3.65. The Morgan fingerprint density at radius 2 is 1.59 bits per heavy atom. The van der Waals surface area contributed by atoms with Crippen LogP contribution in [0, 0.1) is 11.8 Å². The van der Waals surface area contributed by atoms with Crippen LogP contribution in [0.15, 0.2) is 0 Å². The highest BCUT2D eigenvalue weighted by atomic mass is 16.4. The van der Waals surface area contributed by atoms with Crippen LogP contribution in [0.3, 0.4) is 0 Å². The van der Waals surface area contributed by atoms with E-state index < -0.39 is 48.4 Å². The van der Waals surface area contributed by atoms with Gasteiger partial charge < -0.3 is 31.7 Å². The Morgan fingerprint density at radius 3 is 2.12 bits per heavy atom. The molecular weight excluding hydrogens is 418 g/mol. The van der Waals surface area contributed by atoms with Crippen LogP contribution in [0.4, 0.5) is 0 Å². The van der Waals surface area contributed by atoms with Gasteiger partial charge in [0.15, 0.2) is 0 Å². The van der Waals surface area contributed by atoms with Gasteiger partial charge in [0.05, 0.1) is 13.1 Å². The summed E-state index contributed by atoms with van der Waals surface area (Å²) < 4.78 is 0. The zero-order chi connectivity index (χ0) is 24.4. The van der Waals surface area contributed by atoms with Crippen LogP contribution < -0.4 is 21.7 Å². The Balaban J connectivity index is 2.71. The first-order valence-corrected chi connectivity index (χ1v) is 11.1. The van der Waals surface area contributed by atoms with Crippen LogP contribution in [-0.2, 0) is 24.0 Å². The maximum Gasteiger partial charge on any atom is 0.326 e. The molecule has 0 aliphatic carbocycles. The summed E-state index contributed by atoms with van der Waals surface area (Å²) in [7, 11) is 0. The minimum atomic E-state index is -1.14. The molecule has 0 saturated carbocycles. The van der Waals surface area contributed by atoms with Gasteiger partial charge in [-0.15, -0.1) is 0 Å². The fourth-order valence-corrected chi connectivity index (χ4v) is 3.65. The van der Waals surface area contributed by atoms with Gasteiger partial charge >= 0.3 is 5.97 Å². The highest BCUT2D eigenvalue weighted by Crippen LogP contribution is 2.18. The minimum Gasteiger partial charge on any atom is -0.480 e. The molecule has 0 radical (unpaired) electrons. The van der Waals surface area contributed by atoms with Gasteiger partial charge in [0.1, 0.15) is 18.1 Å². The smallest absolute Gasteiger partial charge is 0.326 e. The van der Waals surface area contributed by atoms with Crippen molar-refractivity contribution in [1.29, 1.82) is 0 Å². The lowest BCUT2D eigenvalue weighted by atomic mass is 10.0. The van der Waals surface area contributed by atoms with Gasteiger partial charge in [-0.05, 0) is 37.5 Å². The Labute approximate surface area is 188 Å². The van der Waals surface area contributed by atoms with Crippen molar-refractivity contribution >= 4 is 29.6 Å². The Kier molecular flexibility index (Phi) is 11.1. The first-order chi connectivity index (χ1) is 15.0. The summed E-state index contributed by atoms with van der Waals surface area (Å²) in [5, 5.41) is 16.8. The molecule has 1 fully saturated rings. The van der Waals surface area contributed by atoms with E-state index in [-0.39, 0.29) is 30.7 Å². The average molecular weight is 456 g/mol. The van der Waals surface area contributed by atoms with Gasteiger partial charge in [0, 0.05) is 6.54 Å². The summed E-state index contributed by atoms with van der Waals surface area (Å²) in [4.78, 5) is 62.3. The molecule has 4 amide bonds. The van der Waals surface area contributed by atoms with E-state index in [2.05, 4.69) is 16.0 Å². The molecule has 32 heavy (non-hydrogen) atoms. The molecule has 0 aromatic heterocycles. The summed E-state index contributed by atoms with van der Waals surface area (Å²) in [5.41, 5.74) is 5.42. The van der Waals surface area contributed by atoms with Crippen LogP contribution in [0.5, 0.6) is 0 Å². The first kappa shape index (κ1) is 27.3. The topological polar surface area (TPSA) is 171 Å². The number of carboxylic acids is 1. The van der Waals surface area contributed by atoms with Gasteiger partial charge in [-0.1, -0.05) is 27.7 Å². The molecule has 1 heterocycles. The van der Waals surface area contributed by atoms with E-state index in [1.54, 1.807) is 0 Å². The number of likely N-dealkylation sites (tertiary alicyclic amines) is 1. The predicted molar refractivity (Wildman–Crippen MR) is 117 cm³/mol. The van der Waals surface area contributed by atoms with Gasteiger partial charge in [0.2, 0.25) is 23.6 Å². The van der Waals surface area contributed by atoms with Gasteiger partial charge in [0.25, 0.3) is 0 Å². The van der Waals surface area contributed by atoms with Crippen molar-refractivity contribution in [3.05, 3.63) is 0 Å². The van der Waals surface area contributed by atoms with E-state index in [4.69, 9.17) is 5.73 Å². The van der Waals surface area contributed by atoms with Crippen LogP contribution in [0.1, 0.15) is 53.4 Å². The van der Waals surface area contributed by atoms with Crippen molar-refractivity contribution in [2.24, 2.45) is 17.6 Å². The lowest BCUT2D eigenvalue weighted by molar-refractivity contribution is -0.142. The predicted octanol–water partition coefficient (Wildman–Crippen LogP) is -0.801. The second-order valence-electron chi connectivity index (χ2n) is 8.95. The number of nitrogens with one attached hydrogen (secondary N) is 3. The normalized spacial score (nSPS) is 17.7. The summed E-state index contributed by atoms with van der Waals surface area (Å²) in [5.74, 6) is -2.93. The lowest BCUT2D eigenvalue weighted by Crippen LogP contribution is -2.55. The van der Waals surface area contributed by atoms with Crippen LogP contribution in [0.2, 0.25) is 0 Å². The molecule has 0 spiro atoms. The second kappa shape index (κ2) is 13.0. The molecular formula is C21H37N5O6. The van der Waals surface area contributed by atoms with Crippen molar-refractivity contribution < 1.29 is 29.1 Å². The number of nitrogens with two attached hydrogens (primary N) is 1. The summed E-state index contributed by atoms with van der Waals surface area (Å²) >= 11 is 0. The molecule has 1 saturated heterocycles. The highest BCUT2D eigenvalue weighted by Gasteiger charge is 2.35. The SMILES string of the molecule is CC(C)C[C@H](NC(=O)CNC(=O)[C@H](CC(C)C)NC(=O)[C@@H]1CCCN1C(=O)CN)C(=O)O. The van der Waals surface area contributed by atoms with Crippen molar-refractivity contribution in [1.82, 2.24) is 20.9 Å². The van der Waals surface area contributed by atoms with E-state index in [0.29, 0.717) is 25.8 Å². The van der Waals surface area contributed by atoms with Crippen molar-refractivity contribution in [2.75, 3.05) is 19.6 Å². The molecule has 1 rings (SSSR count). The maximum absolute atomic E-state index is 12.8. The van der Waals surface area contributed by atoms with Gasteiger partial charge in [-0.25, -0.2) is 4.79 Å². The Bertz CT molecular complexity index is 696. The average Bonchev–Trinajstić information content (AvgIpc) is 3.19. The standard InChI is InChI=1S/C21H37N5O6/c1-12(2)8-14(25-20(30)16-6-5-7-26(16)18(28)10-22)19(29)23-11-17(27)24-15(21(31)32)9-13(3)4/h12-16H,5-11,22H2,1-4H3,(H,23,29)(H,24,27)(H,25,30)(H,31,32)/t14-,15-,16-/m0/s1. The maximum atomic E-state index is 12.8. The van der Waals surface area contributed by atoms with Crippen molar-refractivity contribution in [3.63, 3.8) is 0 Å². The quantitative estimate of drug-likeness (QED) is 0.256. The number of hydrogen-bond donors (Lipinski definition) is 5. The van der Waals surface area contributed by atoms with Crippen LogP contribution in [0.25, 0.3) is 0 Å². The van der Waals surface area contributed by atoms with E-state index in [1.165, 1.54) is 4.90 Å². The van der Waals surface area contributed by atoms with E-state index in [0.717, 1.165) is 0 Å². The third kappa shape index (κ3) is 8.81. The largest absolute Gasteiger partial charge is 0.480 e. The molecule has 0 bridgehead atoms. The number of aliphatic carboxylic acids is 1. The second-order valence-corrected chi connectivity index (χ2v) is 8.95. The van der Waals surface area contributed by atoms with Crippen molar-refractivity contribution in [2.45, 2.75) is 71.5 Å². The Morgan fingerprint density at radius 1 is 1.00 bits per heavy atom. The van der Waals surface area contributed by atoms with E-state index in [9.17, 15) is 29.1 Å². The Hall–Kier alpha value is -2.69. The minimum absolute atomic E-state index is 0.0675. The third-order valence-corrected chi connectivity index (χ3v) is 5.15. The fraction of sp³-hybridized carbons (Fsp3) is 0.762. The highest BCUT2D eigenvalue weighted by molar-refractivity contribution is 5.94. The monoisotopic (exact) mass is 455 g/mol. The molecule has 11 heteroatoms. The number of carbonyl (C=O) groups excluding carboxylic acids is 4. The number of amides is 4. The molecule has 0 aromatic rings. The van der Waals surface area contributed by atoms with Gasteiger partial charge in [-0.2, -0.15) is 0 Å². The van der Waals surface area contributed by atoms with E-state index in [1.807, 2.05) is 27.7 Å². The molecule has 0 aromatic carbocycles. The molecule has 182 valence electrons. The van der Waals surface area contributed by atoms with Gasteiger partial charge in [-0.3, -0.25) is 19.2 Å². The van der Waals surface area contributed by atoms with Crippen LogP contribution >= 0.6 is 0 Å². The first-order valence-electron chi connectivity index (χ1n) is 11.1. The molecule has 11 nitrogen and oxygen atoms in total. The molecule has 1 aliphatic heterocycles. The molecule has 6 N–H and O–H groups in total. The zero-order valence-corrected chi connectivity index (χ0v) is 19.3. The zero-order valence-electron chi connectivity index (χ0n) is 19.3. The van der Waals surface area contributed by atoms with Crippen LogP contribution in [-0.4, -0.2) is 77.4 Å². The van der Waals surface area contributed by atoms with Crippen molar-refractivity contribution in [3.8, 4) is 0 Å². The van der Waals surface area contributed by atoms with E-state index >= 15 is 0 Å². The third-order valence-electron chi connectivity index (χ3n) is 5.15. The number of carbonyl (C=O) groups is 5. The molecule has 1 aliphatic rings. The molecule has 3 atom stereocenters. The lowest BCUT2D eigenvalue weighted by Gasteiger charge is -2.26. The molecule has 0 unspecified atom stereocenters. The number of rotatable bonds is 12. The number of carboxylic acid groups (broad SMARTS) is 1. The summed E-state index contributed by atoms with van der Waals surface area (Å²) in [6, 6.07) is -2.61. The summed E-state index contributed by atoms with van der Waals surface area (Å²) in [6.45, 7) is 7.31.